The molecule has 4 aromatic rings. The third-order valence-corrected chi connectivity index (χ3v) is 6.50. The molecular formula is C27H24Cl3N3O. The van der Waals surface area contributed by atoms with E-state index < -0.39 is 0 Å². The lowest BCUT2D eigenvalue weighted by atomic mass is 9.96. The van der Waals surface area contributed by atoms with Crippen LogP contribution >= 0.6 is 34.8 Å². The van der Waals surface area contributed by atoms with Crippen molar-refractivity contribution in [3.05, 3.63) is 79.5 Å². The predicted molar refractivity (Wildman–Crippen MR) is 145 cm³/mol. The van der Waals surface area contributed by atoms with Gasteiger partial charge in [-0.3, -0.25) is 14.4 Å². The number of hydrogen-bond donors (Lipinski definition) is 0. The molecule has 4 nitrogen and oxygen atoms in total. The van der Waals surface area contributed by atoms with Gasteiger partial charge in [0.1, 0.15) is 5.65 Å². The average Bonchev–Trinajstić information content (AvgIpc) is 2.80. The predicted octanol–water partition coefficient (Wildman–Crippen LogP) is 8.24. The quantitative estimate of drug-likeness (QED) is 0.244. The molecule has 0 bridgehead atoms. The van der Waals surface area contributed by atoms with Crippen molar-refractivity contribution in [2.75, 3.05) is 0 Å². The summed E-state index contributed by atoms with van der Waals surface area (Å²) in [7, 11) is 0. The summed E-state index contributed by atoms with van der Waals surface area (Å²) >= 11 is 18.9. The molecule has 0 saturated carbocycles. The smallest absolute Gasteiger partial charge is 0.257 e. The summed E-state index contributed by atoms with van der Waals surface area (Å²) < 4.78 is 1.74. The first-order valence-electron chi connectivity index (χ1n) is 11.0. The van der Waals surface area contributed by atoms with Gasteiger partial charge in [-0.15, -0.1) is 0 Å². The number of aromatic nitrogens is 2. The number of nitrogens with zero attached hydrogens (tertiary/aromatic N) is 3. The van der Waals surface area contributed by atoms with E-state index in [0.29, 0.717) is 56.2 Å². The van der Waals surface area contributed by atoms with Crippen molar-refractivity contribution in [1.29, 1.82) is 0 Å². The van der Waals surface area contributed by atoms with Crippen molar-refractivity contribution in [2.45, 2.75) is 33.7 Å². The maximum absolute atomic E-state index is 13.5. The van der Waals surface area contributed by atoms with E-state index in [0.717, 1.165) is 16.5 Å². The number of hydrogen-bond acceptors (Lipinski definition) is 3. The summed E-state index contributed by atoms with van der Waals surface area (Å²) in [5.74, 6) is 0.244. The van der Waals surface area contributed by atoms with Crippen LogP contribution in [0.2, 0.25) is 15.1 Å². The molecule has 0 radical (unpaired) electrons. The van der Waals surface area contributed by atoms with E-state index in [4.69, 9.17) is 39.8 Å². The van der Waals surface area contributed by atoms with Gasteiger partial charge in [-0.05, 0) is 61.0 Å². The molecule has 2 aromatic heterocycles. The van der Waals surface area contributed by atoms with Gasteiger partial charge in [0.15, 0.2) is 0 Å². The summed E-state index contributed by atoms with van der Waals surface area (Å²) in [4.78, 5) is 22.8. The van der Waals surface area contributed by atoms with E-state index in [-0.39, 0.29) is 11.5 Å². The minimum Gasteiger partial charge on any atom is -0.292 e. The van der Waals surface area contributed by atoms with Gasteiger partial charge in [-0.2, -0.15) is 0 Å². The molecule has 7 heteroatoms. The minimum atomic E-state index is -0.0917. The standard InChI is InChI=1S/C27H24Cl3N3O/c1-5-19-24(31-4)22-13-21(16-6-8-17(28)9-7-16)25(20-11-10-18(29)12-23(20)30)32-26(22)33(27(19)34)14-15(2)3/h6-13,15H,4-5,14H2,1-3H3. The van der Waals surface area contributed by atoms with E-state index in [1.54, 1.807) is 16.7 Å². The van der Waals surface area contributed by atoms with Gasteiger partial charge >= 0.3 is 0 Å². The van der Waals surface area contributed by atoms with Crippen LogP contribution in [0.1, 0.15) is 26.3 Å². The van der Waals surface area contributed by atoms with E-state index in [1.165, 1.54) is 0 Å². The van der Waals surface area contributed by atoms with E-state index in [1.807, 2.05) is 43.3 Å². The number of rotatable bonds is 6. The maximum atomic E-state index is 13.5. The van der Waals surface area contributed by atoms with Crippen LogP contribution in [0.3, 0.4) is 0 Å². The molecule has 0 aliphatic rings. The Kier molecular flexibility index (Phi) is 7.13. The van der Waals surface area contributed by atoms with Crippen molar-refractivity contribution in [3.8, 4) is 22.4 Å². The monoisotopic (exact) mass is 511 g/mol. The molecule has 0 spiro atoms. The van der Waals surface area contributed by atoms with Gasteiger partial charge in [0.05, 0.1) is 16.4 Å². The van der Waals surface area contributed by atoms with Crippen molar-refractivity contribution < 1.29 is 0 Å². The molecule has 0 fully saturated rings. The Morgan fingerprint density at radius 3 is 2.26 bits per heavy atom. The molecule has 0 unspecified atom stereocenters. The van der Waals surface area contributed by atoms with Gasteiger partial charge < -0.3 is 0 Å². The highest BCUT2D eigenvalue weighted by atomic mass is 35.5. The number of halogens is 3. The fourth-order valence-electron chi connectivity index (χ4n) is 4.18. The first-order valence-corrected chi connectivity index (χ1v) is 12.2. The van der Waals surface area contributed by atoms with Crippen LogP contribution in [-0.2, 0) is 13.0 Å². The first-order chi connectivity index (χ1) is 16.2. The average molecular weight is 513 g/mol. The molecule has 2 aromatic carbocycles. The third-order valence-electron chi connectivity index (χ3n) is 5.70. The zero-order valence-electron chi connectivity index (χ0n) is 19.2. The summed E-state index contributed by atoms with van der Waals surface area (Å²) in [6, 6.07) is 14.9. The van der Waals surface area contributed by atoms with Crippen molar-refractivity contribution in [1.82, 2.24) is 9.55 Å². The van der Waals surface area contributed by atoms with Gasteiger partial charge in [0.25, 0.3) is 5.56 Å². The summed E-state index contributed by atoms with van der Waals surface area (Å²) in [6.07, 6.45) is 0.544. The molecule has 4 rings (SSSR count). The van der Waals surface area contributed by atoms with E-state index in [9.17, 15) is 4.79 Å². The second-order valence-corrected chi connectivity index (χ2v) is 9.82. The van der Waals surface area contributed by atoms with Crippen LogP contribution in [0.15, 0.2) is 58.3 Å². The fourth-order valence-corrected chi connectivity index (χ4v) is 4.80. The lowest BCUT2D eigenvalue weighted by Gasteiger charge is -2.19. The normalized spacial score (nSPS) is 11.4. The van der Waals surface area contributed by atoms with Crippen molar-refractivity contribution in [3.63, 3.8) is 0 Å². The summed E-state index contributed by atoms with van der Waals surface area (Å²) in [5, 5.41) is 2.41. The molecule has 0 saturated heterocycles. The van der Waals surface area contributed by atoms with E-state index >= 15 is 0 Å². The molecule has 0 aliphatic heterocycles. The lowest BCUT2D eigenvalue weighted by Crippen LogP contribution is -2.27. The Bertz CT molecular complexity index is 1460. The highest BCUT2D eigenvalue weighted by Gasteiger charge is 2.21. The zero-order valence-corrected chi connectivity index (χ0v) is 21.5. The van der Waals surface area contributed by atoms with Crippen LogP contribution in [-0.4, -0.2) is 16.3 Å². The maximum Gasteiger partial charge on any atom is 0.257 e. The molecule has 0 aliphatic carbocycles. The highest BCUT2D eigenvalue weighted by Crippen LogP contribution is 2.40. The fraction of sp³-hybridized carbons (Fsp3) is 0.222. The number of benzene rings is 2. The molecule has 0 N–H and O–H groups in total. The van der Waals surface area contributed by atoms with Crippen molar-refractivity contribution >= 4 is 58.2 Å². The molecule has 174 valence electrons. The van der Waals surface area contributed by atoms with Gasteiger partial charge in [-0.25, -0.2) is 4.98 Å². The Morgan fingerprint density at radius 2 is 1.68 bits per heavy atom. The largest absolute Gasteiger partial charge is 0.292 e. The Labute approximate surface area is 213 Å². The molecular weight excluding hydrogens is 489 g/mol. The number of aliphatic imine (C=N–C) groups is 1. The topological polar surface area (TPSA) is 47.2 Å². The zero-order chi connectivity index (χ0) is 24.6. The first kappa shape index (κ1) is 24.5. The second-order valence-electron chi connectivity index (χ2n) is 8.54. The van der Waals surface area contributed by atoms with Gasteiger partial charge in [0, 0.05) is 38.7 Å². The SMILES string of the molecule is C=Nc1c(CC)c(=O)n(CC(C)C)c2nc(-c3ccc(Cl)cc3Cl)c(-c3ccc(Cl)cc3)cc12. The van der Waals surface area contributed by atoms with Crippen LogP contribution < -0.4 is 5.56 Å². The van der Waals surface area contributed by atoms with Crippen LogP contribution in [0.25, 0.3) is 33.4 Å². The Hall–Kier alpha value is -2.66. The lowest BCUT2D eigenvalue weighted by molar-refractivity contribution is 0.519. The minimum absolute atomic E-state index is 0.0917. The van der Waals surface area contributed by atoms with Crippen LogP contribution in [0, 0.1) is 5.92 Å². The van der Waals surface area contributed by atoms with Crippen molar-refractivity contribution in [2.24, 2.45) is 10.9 Å². The summed E-state index contributed by atoms with van der Waals surface area (Å²) in [6.45, 7) is 10.4. The summed E-state index contributed by atoms with van der Waals surface area (Å²) in [5.41, 5.74) is 4.78. The number of pyridine rings is 2. The molecule has 0 atom stereocenters. The highest BCUT2D eigenvalue weighted by molar-refractivity contribution is 6.36. The molecule has 34 heavy (non-hydrogen) atoms. The molecule has 0 amide bonds. The third kappa shape index (κ3) is 4.50. The van der Waals surface area contributed by atoms with Crippen LogP contribution in [0.5, 0.6) is 0 Å². The molecule has 2 heterocycles. The number of fused-ring (bicyclic) bond motifs is 1. The van der Waals surface area contributed by atoms with Crippen LogP contribution in [0.4, 0.5) is 5.69 Å². The van der Waals surface area contributed by atoms with Gasteiger partial charge in [0.2, 0.25) is 0 Å². The Balaban J connectivity index is 2.19. The van der Waals surface area contributed by atoms with E-state index in [2.05, 4.69) is 25.6 Å². The Morgan fingerprint density at radius 1 is 1.00 bits per heavy atom. The second kappa shape index (κ2) is 9.91. The van der Waals surface area contributed by atoms with Gasteiger partial charge in [-0.1, -0.05) is 67.7 Å².